The number of amides is 2. The molecule has 0 aromatic heterocycles. The van der Waals surface area contributed by atoms with Gasteiger partial charge in [0.15, 0.2) is 0 Å². The summed E-state index contributed by atoms with van der Waals surface area (Å²) in [5, 5.41) is 8.70. The van der Waals surface area contributed by atoms with Crippen molar-refractivity contribution in [1.29, 1.82) is 0 Å². The standard InChI is InChI=1S/C16H25N3O2/c1-4-5-9-17-15(20)11-18-14-8-6-7-13(10-14)16(21)19-12(2)3/h6-8,10,12,18H,4-5,9,11H2,1-3H3,(H,17,20)(H,19,21). The lowest BCUT2D eigenvalue weighted by atomic mass is 10.2. The van der Waals surface area contributed by atoms with Crippen molar-refractivity contribution < 1.29 is 9.59 Å². The van der Waals surface area contributed by atoms with Gasteiger partial charge < -0.3 is 16.0 Å². The van der Waals surface area contributed by atoms with Crippen LogP contribution in [0.4, 0.5) is 5.69 Å². The van der Waals surface area contributed by atoms with E-state index >= 15 is 0 Å². The molecule has 0 aliphatic heterocycles. The van der Waals surface area contributed by atoms with Crippen LogP contribution in [-0.2, 0) is 4.79 Å². The van der Waals surface area contributed by atoms with Crippen LogP contribution in [0.15, 0.2) is 24.3 Å². The Bertz CT molecular complexity index is 472. The minimum Gasteiger partial charge on any atom is -0.376 e. The van der Waals surface area contributed by atoms with Crippen molar-refractivity contribution in [3.63, 3.8) is 0 Å². The van der Waals surface area contributed by atoms with Crippen LogP contribution in [-0.4, -0.2) is 30.9 Å². The van der Waals surface area contributed by atoms with Crippen molar-refractivity contribution in [3.05, 3.63) is 29.8 Å². The highest BCUT2D eigenvalue weighted by Crippen LogP contribution is 2.10. The quantitative estimate of drug-likeness (QED) is 0.643. The molecule has 0 fully saturated rings. The van der Waals surface area contributed by atoms with E-state index in [1.165, 1.54) is 0 Å². The van der Waals surface area contributed by atoms with Crippen molar-refractivity contribution in [2.75, 3.05) is 18.4 Å². The molecule has 0 unspecified atom stereocenters. The van der Waals surface area contributed by atoms with Gasteiger partial charge in [0.25, 0.3) is 5.91 Å². The number of anilines is 1. The van der Waals surface area contributed by atoms with Gasteiger partial charge in [-0.15, -0.1) is 0 Å². The Morgan fingerprint density at radius 1 is 1.24 bits per heavy atom. The van der Waals surface area contributed by atoms with E-state index in [9.17, 15) is 9.59 Å². The molecule has 1 rings (SSSR count). The van der Waals surface area contributed by atoms with E-state index in [-0.39, 0.29) is 24.4 Å². The van der Waals surface area contributed by atoms with Crippen molar-refractivity contribution in [2.45, 2.75) is 39.7 Å². The van der Waals surface area contributed by atoms with Crippen molar-refractivity contribution in [1.82, 2.24) is 10.6 Å². The first-order chi connectivity index (χ1) is 10.0. The number of unbranched alkanes of at least 4 members (excludes halogenated alkanes) is 1. The maximum absolute atomic E-state index is 11.9. The number of nitrogens with one attached hydrogen (secondary N) is 3. The fourth-order valence-electron chi connectivity index (χ4n) is 1.77. The van der Waals surface area contributed by atoms with E-state index < -0.39 is 0 Å². The highest BCUT2D eigenvalue weighted by atomic mass is 16.2. The summed E-state index contributed by atoms with van der Waals surface area (Å²) in [7, 11) is 0. The Kier molecular flexibility index (Phi) is 7.29. The second-order valence-corrected chi connectivity index (χ2v) is 5.27. The Morgan fingerprint density at radius 3 is 2.67 bits per heavy atom. The second-order valence-electron chi connectivity index (χ2n) is 5.27. The number of rotatable bonds is 8. The maximum atomic E-state index is 11.9. The van der Waals surface area contributed by atoms with Gasteiger partial charge in [0.05, 0.1) is 6.54 Å². The lowest BCUT2D eigenvalue weighted by Crippen LogP contribution is -2.31. The van der Waals surface area contributed by atoms with Crippen molar-refractivity contribution >= 4 is 17.5 Å². The second kappa shape index (κ2) is 9.00. The van der Waals surface area contributed by atoms with Gasteiger partial charge in [-0.05, 0) is 38.5 Å². The first kappa shape index (κ1) is 17.0. The van der Waals surface area contributed by atoms with E-state index in [2.05, 4.69) is 22.9 Å². The Morgan fingerprint density at radius 2 is 2.00 bits per heavy atom. The summed E-state index contributed by atoms with van der Waals surface area (Å²) in [6.07, 6.45) is 2.04. The fraction of sp³-hybridized carbons (Fsp3) is 0.500. The van der Waals surface area contributed by atoms with Crippen molar-refractivity contribution in [2.24, 2.45) is 0 Å². The molecule has 2 amide bonds. The number of carbonyl (C=O) groups excluding carboxylic acids is 2. The van der Waals surface area contributed by atoms with Crippen LogP contribution >= 0.6 is 0 Å². The number of carbonyl (C=O) groups is 2. The zero-order valence-electron chi connectivity index (χ0n) is 13.0. The predicted octanol–water partition coefficient (Wildman–Crippen LogP) is 2.15. The molecule has 0 heterocycles. The summed E-state index contributed by atoms with van der Waals surface area (Å²) in [4.78, 5) is 23.5. The molecule has 5 heteroatoms. The van der Waals surface area contributed by atoms with Crippen LogP contribution in [0, 0.1) is 0 Å². The molecule has 0 aliphatic rings. The van der Waals surface area contributed by atoms with E-state index in [0.717, 1.165) is 18.5 Å². The first-order valence-electron chi connectivity index (χ1n) is 7.44. The summed E-state index contributed by atoms with van der Waals surface area (Å²) in [6, 6.07) is 7.23. The molecule has 0 aliphatic carbocycles. The smallest absolute Gasteiger partial charge is 0.251 e. The molecule has 5 nitrogen and oxygen atoms in total. The summed E-state index contributed by atoms with van der Waals surface area (Å²) in [5.74, 6) is -0.151. The SMILES string of the molecule is CCCCNC(=O)CNc1cccc(C(=O)NC(C)C)c1. The predicted molar refractivity (Wildman–Crippen MR) is 85.5 cm³/mol. The van der Waals surface area contributed by atoms with Crippen LogP contribution in [0.2, 0.25) is 0 Å². The zero-order valence-corrected chi connectivity index (χ0v) is 13.0. The fourth-order valence-corrected chi connectivity index (χ4v) is 1.77. The van der Waals surface area contributed by atoms with Gasteiger partial charge in [0, 0.05) is 23.8 Å². The maximum Gasteiger partial charge on any atom is 0.251 e. The number of hydrogen-bond acceptors (Lipinski definition) is 3. The van der Waals surface area contributed by atoms with Crippen LogP contribution in [0.25, 0.3) is 0 Å². The van der Waals surface area contributed by atoms with Gasteiger partial charge in [0.2, 0.25) is 5.91 Å². The summed E-state index contributed by atoms with van der Waals surface area (Å²) in [5.41, 5.74) is 1.34. The summed E-state index contributed by atoms with van der Waals surface area (Å²) >= 11 is 0. The van der Waals surface area contributed by atoms with Crippen LogP contribution in [0.3, 0.4) is 0 Å². The molecule has 0 bridgehead atoms. The lowest BCUT2D eigenvalue weighted by molar-refractivity contribution is -0.119. The lowest BCUT2D eigenvalue weighted by Gasteiger charge is -2.11. The van der Waals surface area contributed by atoms with E-state index in [0.29, 0.717) is 12.1 Å². The molecule has 3 N–H and O–H groups in total. The van der Waals surface area contributed by atoms with Gasteiger partial charge in [0.1, 0.15) is 0 Å². The zero-order chi connectivity index (χ0) is 15.7. The Labute approximate surface area is 126 Å². The average Bonchev–Trinajstić information content (AvgIpc) is 2.45. The van der Waals surface area contributed by atoms with Gasteiger partial charge >= 0.3 is 0 Å². The minimum atomic E-state index is -0.110. The Balaban J connectivity index is 2.49. The molecule has 116 valence electrons. The molecular formula is C16H25N3O2. The molecule has 1 aromatic carbocycles. The minimum absolute atomic E-state index is 0.0412. The third kappa shape index (κ3) is 6.79. The van der Waals surface area contributed by atoms with Crippen LogP contribution in [0.1, 0.15) is 44.0 Å². The highest BCUT2D eigenvalue weighted by molar-refractivity contribution is 5.95. The third-order valence-corrected chi connectivity index (χ3v) is 2.85. The van der Waals surface area contributed by atoms with E-state index in [4.69, 9.17) is 0 Å². The summed E-state index contributed by atoms with van der Waals surface area (Å²) in [6.45, 7) is 6.83. The van der Waals surface area contributed by atoms with Gasteiger partial charge in [-0.25, -0.2) is 0 Å². The van der Waals surface area contributed by atoms with Crippen LogP contribution in [0.5, 0.6) is 0 Å². The normalized spacial score (nSPS) is 10.3. The first-order valence-corrected chi connectivity index (χ1v) is 7.44. The Hall–Kier alpha value is -2.04. The molecule has 0 atom stereocenters. The van der Waals surface area contributed by atoms with Gasteiger partial charge in [-0.1, -0.05) is 19.4 Å². The molecule has 0 spiro atoms. The number of benzene rings is 1. The van der Waals surface area contributed by atoms with E-state index in [1.54, 1.807) is 18.2 Å². The highest BCUT2D eigenvalue weighted by Gasteiger charge is 2.07. The third-order valence-electron chi connectivity index (χ3n) is 2.85. The molecule has 0 saturated heterocycles. The van der Waals surface area contributed by atoms with Gasteiger partial charge in [-0.2, -0.15) is 0 Å². The molecule has 1 aromatic rings. The average molecular weight is 291 g/mol. The van der Waals surface area contributed by atoms with Gasteiger partial charge in [-0.3, -0.25) is 9.59 Å². The molecule has 0 radical (unpaired) electrons. The van der Waals surface area contributed by atoms with E-state index in [1.807, 2.05) is 19.9 Å². The summed E-state index contributed by atoms with van der Waals surface area (Å²) < 4.78 is 0. The monoisotopic (exact) mass is 291 g/mol. The molecule has 21 heavy (non-hydrogen) atoms. The largest absolute Gasteiger partial charge is 0.376 e. The van der Waals surface area contributed by atoms with Crippen LogP contribution < -0.4 is 16.0 Å². The van der Waals surface area contributed by atoms with Crippen molar-refractivity contribution in [3.8, 4) is 0 Å². The number of hydrogen-bond donors (Lipinski definition) is 3. The molecular weight excluding hydrogens is 266 g/mol. The molecule has 0 saturated carbocycles. The topological polar surface area (TPSA) is 70.2 Å².